The number of rotatable bonds is 3. The normalized spacial score (nSPS) is 24.4. The quantitative estimate of drug-likeness (QED) is 0.816. The van der Waals surface area contributed by atoms with Crippen LogP contribution in [0.2, 0.25) is 0 Å². The molecule has 3 atom stereocenters. The number of nitrogen functional groups attached to an aromatic ring is 1. The van der Waals surface area contributed by atoms with Gasteiger partial charge in [-0.05, 0) is 43.4 Å². The number of anilines is 1. The number of nitrogens with two attached hydrogens (primary N) is 1. The second-order valence-corrected chi connectivity index (χ2v) is 5.48. The van der Waals surface area contributed by atoms with E-state index in [4.69, 9.17) is 5.73 Å². The maximum atomic E-state index is 9.86. The molecule has 3 N–H and O–H groups in total. The molecule has 4 nitrogen and oxygen atoms in total. The molecule has 0 amide bonds. The highest BCUT2D eigenvalue weighted by atomic mass is 16.3. The third-order valence-corrected chi connectivity index (χ3v) is 3.87. The Labute approximate surface area is 106 Å². The van der Waals surface area contributed by atoms with Crippen LogP contribution in [-0.2, 0) is 6.54 Å². The Morgan fingerprint density at radius 3 is 2.89 bits per heavy atom. The lowest BCUT2D eigenvalue weighted by molar-refractivity contribution is 0.183. The fourth-order valence-electron chi connectivity index (χ4n) is 2.56. The largest absolute Gasteiger partial charge is 0.399 e. The fourth-order valence-corrected chi connectivity index (χ4v) is 2.56. The summed E-state index contributed by atoms with van der Waals surface area (Å²) in [7, 11) is 0. The minimum atomic E-state index is -0.548. The Morgan fingerprint density at radius 2 is 2.28 bits per heavy atom. The highest BCUT2D eigenvalue weighted by Gasteiger charge is 2.33. The van der Waals surface area contributed by atoms with Crippen molar-refractivity contribution in [1.29, 1.82) is 0 Å². The molecule has 1 aliphatic rings. The van der Waals surface area contributed by atoms with Gasteiger partial charge < -0.3 is 15.4 Å². The van der Waals surface area contributed by atoms with Crippen molar-refractivity contribution in [3.8, 4) is 0 Å². The third kappa shape index (κ3) is 1.86. The van der Waals surface area contributed by atoms with Crippen LogP contribution in [0.3, 0.4) is 0 Å². The topological polar surface area (TPSA) is 64.1 Å². The zero-order chi connectivity index (χ0) is 12.9. The maximum absolute atomic E-state index is 9.86. The van der Waals surface area contributed by atoms with Gasteiger partial charge in [-0.1, -0.05) is 6.92 Å². The highest BCUT2D eigenvalue weighted by Crippen LogP contribution is 2.40. The van der Waals surface area contributed by atoms with Crippen LogP contribution < -0.4 is 5.73 Å². The predicted molar refractivity (Wildman–Crippen MR) is 72.1 cm³/mol. The lowest BCUT2D eigenvalue weighted by Crippen LogP contribution is -2.08. The number of aliphatic hydroxyl groups is 1. The van der Waals surface area contributed by atoms with E-state index in [9.17, 15) is 5.11 Å². The molecule has 1 heterocycles. The van der Waals surface area contributed by atoms with Crippen LogP contribution in [0.4, 0.5) is 5.69 Å². The zero-order valence-corrected chi connectivity index (χ0v) is 10.8. The molecule has 1 aliphatic carbocycles. The maximum Gasteiger partial charge on any atom is 0.138 e. The Kier molecular flexibility index (Phi) is 2.55. The molecule has 1 fully saturated rings. The molecule has 3 rings (SSSR count). The fraction of sp³-hybridized carbons (Fsp3) is 0.500. The Hall–Kier alpha value is -1.55. The first kappa shape index (κ1) is 11.5. The van der Waals surface area contributed by atoms with Crippen molar-refractivity contribution < 1.29 is 5.11 Å². The molecule has 1 aromatic heterocycles. The molecule has 1 saturated carbocycles. The van der Waals surface area contributed by atoms with E-state index >= 15 is 0 Å². The molecule has 3 unspecified atom stereocenters. The number of nitrogens with zero attached hydrogens (tertiary/aromatic N) is 2. The van der Waals surface area contributed by atoms with Gasteiger partial charge in [0.2, 0.25) is 0 Å². The second-order valence-electron chi connectivity index (χ2n) is 5.48. The van der Waals surface area contributed by atoms with Gasteiger partial charge in [-0.2, -0.15) is 0 Å². The first-order valence-electron chi connectivity index (χ1n) is 6.50. The van der Waals surface area contributed by atoms with E-state index in [1.165, 1.54) is 6.42 Å². The lowest BCUT2D eigenvalue weighted by atomic mass is 10.2. The van der Waals surface area contributed by atoms with Gasteiger partial charge in [-0.25, -0.2) is 4.98 Å². The summed E-state index contributed by atoms with van der Waals surface area (Å²) in [4.78, 5) is 4.51. The summed E-state index contributed by atoms with van der Waals surface area (Å²) >= 11 is 0. The molecular formula is C14H19N3O. The number of imidazole rings is 1. The number of hydrogen-bond acceptors (Lipinski definition) is 3. The summed E-state index contributed by atoms with van der Waals surface area (Å²) in [6, 6.07) is 5.76. The molecule has 1 aromatic carbocycles. The van der Waals surface area contributed by atoms with E-state index in [0.717, 1.165) is 35.2 Å². The minimum Gasteiger partial charge on any atom is -0.399 e. The molecule has 4 heteroatoms. The summed E-state index contributed by atoms with van der Waals surface area (Å²) in [6.45, 7) is 4.98. The van der Waals surface area contributed by atoms with Crippen LogP contribution >= 0.6 is 0 Å². The first-order valence-corrected chi connectivity index (χ1v) is 6.50. The number of benzene rings is 1. The van der Waals surface area contributed by atoms with Crippen molar-refractivity contribution in [3.63, 3.8) is 0 Å². The van der Waals surface area contributed by atoms with Gasteiger partial charge in [0.25, 0.3) is 0 Å². The summed E-state index contributed by atoms with van der Waals surface area (Å²) in [5.41, 5.74) is 8.44. The van der Waals surface area contributed by atoms with Crippen molar-refractivity contribution in [2.75, 3.05) is 5.73 Å². The van der Waals surface area contributed by atoms with Gasteiger partial charge in [0.15, 0.2) is 0 Å². The summed E-state index contributed by atoms with van der Waals surface area (Å²) in [5, 5.41) is 9.86. The van der Waals surface area contributed by atoms with Gasteiger partial charge in [0.1, 0.15) is 11.9 Å². The molecule has 0 bridgehead atoms. The molecule has 2 aromatic rings. The monoisotopic (exact) mass is 245 g/mol. The number of aliphatic hydroxyl groups excluding tert-OH is 1. The van der Waals surface area contributed by atoms with Crippen LogP contribution in [0.1, 0.15) is 32.2 Å². The summed E-state index contributed by atoms with van der Waals surface area (Å²) < 4.78 is 2.15. The number of hydrogen-bond donors (Lipinski definition) is 2. The SMILES string of the molecule is CC(O)c1nc2cc(N)ccc2n1CC1CC1C. The van der Waals surface area contributed by atoms with E-state index in [1.807, 2.05) is 18.2 Å². The van der Waals surface area contributed by atoms with Gasteiger partial charge in [0, 0.05) is 12.2 Å². The van der Waals surface area contributed by atoms with Crippen molar-refractivity contribution in [1.82, 2.24) is 9.55 Å². The number of aromatic nitrogens is 2. The molecular weight excluding hydrogens is 226 g/mol. The van der Waals surface area contributed by atoms with Gasteiger partial charge in [-0.15, -0.1) is 0 Å². The van der Waals surface area contributed by atoms with Crippen molar-refractivity contribution in [2.45, 2.75) is 32.9 Å². The molecule has 0 spiro atoms. The van der Waals surface area contributed by atoms with Crippen LogP contribution in [0.15, 0.2) is 18.2 Å². The van der Waals surface area contributed by atoms with Crippen LogP contribution in [0, 0.1) is 11.8 Å². The molecule has 96 valence electrons. The average molecular weight is 245 g/mol. The van der Waals surface area contributed by atoms with Crippen LogP contribution in [0.25, 0.3) is 11.0 Å². The van der Waals surface area contributed by atoms with Crippen LogP contribution in [0.5, 0.6) is 0 Å². The van der Waals surface area contributed by atoms with E-state index in [1.54, 1.807) is 6.92 Å². The zero-order valence-electron chi connectivity index (χ0n) is 10.8. The van der Waals surface area contributed by atoms with E-state index in [2.05, 4.69) is 16.5 Å². The van der Waals surface area contributed by atoms with E-state index in [-0.39, 0.29) is 0 Å². The molecule has 0 saturated heterocycles. The Balaban J connectivity index is 2.09. The molecule has 18 heavy (non-hydrogen) atoms. The van der Waals surface area contributed by atoms with Crippen molar-refractivity contribution >= 4 is 16.7 Å². The van der Waals surface area contributed by atoms with E-state index < -0.39 is 6.10 Å². The summed E-state index contributed by atoms with van der Waals surface area (Å²) in [6.07, 6.45) is 0.723. The van der Waals surface area contributed by atoms with Crippen molar-refractivity contribution in [2.24, 2.45) is 11.8 Å². The van der Waals surface area contributed by atoms with Crippen molar-refractivity contribution in [3.05, 3.63) is 24.0 Å². The lowest BCUT2D eigenvalue weighted by Gasteiger charge is -2.10. The van der Waals surface area contributed by atoms with E-state index in [0.29, 0.717) is 5.69 Å². The van der Waals surface area contributed by atoms with Gasteiger partial charge in [-0.3, -0.25) is 0 Å². The smallest absolute Gasteiger partial charge is 0.138 e. The standard InChI is InChI=1S/C14H19N3O/c1-8-5-10(8)7-17-13-4-3-11(15)6-12(13)16-14(17)9(2)18/h3-4,6,8-10,18H,5,7,15H2,1-2H3. The molecule has 0 aliphatic heterocycles. The second kappa shape index (κ2) is 3.99. The average Bonchev–Trinajstić information content (AvgIpc) is 2.87. The minimum absolute atomic E-state index is 0.548. The molecule has 0 radical (unpaired) electrons. The Morgan fingerprint density at radius 1 is 1.56 bits per heavy atom. The van der Waals surface area contributed by atoms with Crippen LogP contribution in [-0.4, -0.2) is 14.7 Å². The first-order chi connectivity index (χ1) is 8.56. The third-order valence-electron chi connectivity index (χ3n) is 3.87. The Bertz CT molecular complexity index is 588. The van der Waals surface area contributed by atoms with Gasteiger partial charge in [0.05, 0.1) is 11.0 Å². The predicted octanol–water partition coefficient (Wildman–Crippen LogP) is 2.33. The number of fused-ring (bicyclic) bond motifs is 1. The highest BCUT2D eigenvalue weighted by molar-refractivity contribution is 5.79. The summed E-state index contributed by atoms with van der Waals surface area (Å²) in [5.74, 6) is 2.25. The van der Waals surface area contributed by atoms with Gasteiger partial charge >= 0.3 is 0 Å².